The van der Waals surface area contributed by atoms with Gasteiger partial charge in [0.05, 0.1) is 17.7 Å². The number of alkyl carbamates (subject to hydrolysis) is 1. The summed E-state index contributed by atoms with van der Waals surface area (Å²) in [7, 11) is 0. The molecule has 0 aliphatic carbocycles. The number of pyridine rings is 1. The molecule has 0 saturated carbocycles. The van der Waals surface area contributed by atoms with Gasteiger partial charge in [0.15, 0.2) is 11.8 Å². The lowest BCUT2D eigenvalue weighted by Gasteiger charge is -2.35. The number of anilines is 1. The van der Waals surface area contributed by atoms with Gasteiger partial charge in [0, 0.05) is 19.1 Å². The van der Waals surface area contributed by atoms with E-state index in [1.807, 2.05) is 17.9 Å². The average Bonchev–Trinajstić information content (AvgIpc) is 3.52. The highest BCUT2D eigenvalue weighted by Gasteiger charge is 2.79. The van der Waals surface area contributed by atoms with E-state index >= 15 is 0 Å². The Morgan fingerprint density at radius 3 is 2.34 bits per heavy atom. The highest BCUT2D eigenvalue weighted by atomic mass is 32.2. The molecule has 3 unspecified atom stereocenters. The number of fused-ring (bicyclic) bond motifs is 1. The minimum atomic E-state index is -1.18. The third-order valence-electron chi connectivity index (χ3n) is 8.23. The quantitative estimate of drug-likeness (QED) is 0.277. The van der Waals surface area contributed by atoms with Crippen LogP contribution in [0.2, 0.25) is 0 Å². The fraction of sp³-hybridized carbons (Fsp3) is 0.469. The van der Waals surface area contributed by atoms with Gasteiger partial charge in [-0.25, -0.2) is 19.9 Å². The number of primary amides is 1. The Bertz CT molecular complexity index is 1680. The van der Waals surface area contributed by atoms with Crippen molar-refractivity contribution >= 4 is 41.5 Å². The van der Waals surface area contributed by atoms with Crippen molar-refractivity contribution in [2.45, 2.75) is 80.6 Å². The van der Waals surface area contributed by atoms with Crippen LogP contribution in [0, 0.1) is 22.7 Å². The Labute approximate surface area is 276 Å². The molecule has 0 radical (unpaired) electrons. The van der Waals surface area contributed by atoms with Gasteiger partial charge in [-0.1, -0.05) is 49.0 Å². The summed E-state index contributed by atoms with van der Waals surface area (Å²) in [6.45, 7) is 7.77. The van der Waals surface area contributed by atoms with Crippen molar-refractivity contribution < 1.29 is 28.7 Å². The predicted molar refractivity (Wildman–Crippen MR) is 170 cm³/mol. The van der Waals surface area contributed by atoms with Crippen molar-refractivity contribution in [3.63, 3.8) is 0 Å². The lowest BCUT2D eigenvalue weighted by molar-refractivity contribution is -0.133. The van der Waals surface area contributed by atoms with Crippen molar-refractivity contribution in [1.82, 2.24) is 20.5 Å². The average molecular weight is 661 g/mol. The molecular formula is C32H36N8O6S. The largest absolute Gasteiger partial charge is 0.443 e. The summed E-state index contributed by atoms with van der Waals surface area (Å²) in [6.07, 6.45) is -0.237. The van der Waals surface area contributed by atoms with Crippen LogP contribution < -0.4 is 21.3 Å². The summed E-state index contributed by atoms with van der Waals surface area (Å²) in [6, 6.07) is 12.4. The lowest BCUT2D eigenvalue weighted by Crippen LogP contribution is -2.55. The highest BCUT2D eigenvalue weighted by molar-refractivity contribution is 8.00. The number of nitrogens with two attached hydrogens (primary N) is 1. The summed E-state index contributed by atoms with van der Waals surface area (Å²) >= 11 is 1.08. The van der Waals surface area contributed by atoms with Crippen molar-refractivity contribution in [2.75, 3.05) is 24.6 Å². The number of aromatic nitrogens is 1. The number of nitriles is 2. The Morgan fingerprint density at radius 2 is 1.81 bits per heavy atom. The number of nitrogens with zero attached hydrogens (tertiary/aromatic N) is 5. The maximum atomic E-state index is 13.3. The van der Waals surface area contributed by atoms with Crippen LogP contribution in [0.1, 0.15) is 68.0 Å². The molecule has 3 aliphatic rings. The zero-order valence-electron chi connectivity index (χ0n) is 26.5. The number of carbonyl (C=O) groups is 4. The third-order valence-corrected chi connectivity index (χ3v) is 9.49. The van der Waals surface area contributed by atoms with Crippen LogP contribution in [0.3, 0.4) is 0 Å². The van der Waals surface area contributed by atoms with E-state index in [1.54, 1.807) is 45.0 Å². The van der Waals surface area contributed by atoms with Crippen LogP contribution in [-0.4, -0.2) is 76.9 Å². The zero-order valence-corrected chi connectivity index (χ0v) is 27.3. The second-order valence-corrected chi connectivity index (χ2v) is 13.6. The SMILES string of the molecule is CCc1c(C#N)c(SC(C(N)=O)c2ccccc2)nc(N2CCC(NC(=O)C34COC3N4C(=O)NC(=O)OC(C)(C)C)CC2)c1C#N. The van der Waals surface area contributed by atoms with E-state index in [9.17, 15) is 29.7 Å². The first-order valence-electron chi connectivity index (χ1n) is 15.2. The van der Waals surface area contributed by atoms with Crippen LogP contribution in [0.5, 0.6) is 0 Å². The number of nitrogens with one attached hydrogen (secondary N) is 2. The van der Waals surface area contributed by atoms with Gasteiger partial charge in [-0.05, 0) is 51.2 Å². The monoisotopic (exact) mass is 660 g/mol. The smallest absolute Gasteiger partial charge is 0.415 e. The van der Waals surface area contributed by atoms with Gasteiger partial charge in [0.1, 0.15) is 33.8 Å². The molecule has 3 fully saturated rings. The maximum Gasteiger partial charge on any atom is 0.415 e. The van der Waals surface area contributed by atoms with Gasteiger partial charge >= 0.3 is 12.1 Å². The molecule has 5 amide bonds. The molecule has 0 bridgehead atoms. The molecule has 14 nitrogen and oxygen atoms in total. The fourth-order valence-electron chi connectivity index (χ4n) is 5.86. The fourth-order valence-corrected chi connectivity index (χ4v) is 6.92. The van der Waals surface area contributed by atoms with E-state index < -0.39 is 40.6 Å². The second kappa shape index (κ2) is 13.1. The van der Waals surface area contributed by atoms with Gasteiger partial charge < -0.3 is 25.4 Å². The van der Waals surface area contributed by atoms with Crippen LogP contribution in [0.25, 0.3) is 0 Å². The number of ether oxygens (including phenoxy) is 2. The van der Waals surface area contributed by atoms with Crippen LogP contribution >= 0.6 is 11.8 Å². The molecule has 2 aromatic rings. The van der Waals surface area contributed by atoms with Gasteiger partial charge in [-0.15, -0.1) is 0 Å². The van der Waals surface area contributed by atoms with Crippen LogP contribution in [-0.2, 0) is 25.5 Å². The number of hydrogen-bond donors (Lipinski definition) is 3. The van der Waals surface area contributed by atoms with E-state index in [1.165, 1.54) is 4.90 Å². The molecule has 5 rings (SSSR count). The number of rotatable bonds is 8. The molecule has 4 N–H and O–H groups in total. The molecule has 246 valence electrons. The predicted octanol–water partition coefficient (Wildman–Crippen LogP) is 2.85. The number of hydrogen-bond acceptors (Lipinski definition) is 11. The Balaban J connectivity index is 1.28. The van der Waals surface area contributed by atoms with E-state index in [4.69, 9.17) is 20.2 Å². The van der Waals surface area contributed by atoms with Crippen LogP contribution in [0.15, 0.2) is 35.4 Å². The first-order valence-corrected chi connectivity index (χ1v) is 16.1. The first kappa shape index (κ1) is 33.5. The van der Waals surface area contributed by atoms with Crippen molar-refractivity contribution in [3.05, 3.63) is 52.6 Å². The Morgan fingerprint density at radius 1 is 1.15 bits per heavy atom. The van der Waals surface area contributed by atoms with E-state index in [0.29, 0.717) is 59.9 Å². The van der Waals surface area contributed by atoms with E-state index in [2.05, 4.69) is 22.8 Å². The normalized spacial score (nSPS) is 20.9. The topological polar surface area (TPSA) is 204 Å². The summed E-state index contributed by atoms with van der Waals surface area (Å²) in [5.41, 5.74) is 5.54. The molecule has 15 heteroatoms. The van der Waals surface area contributed by atoms with Gasteiger partial charge in [-0.2, -0.15) is 10.5 Å². The molecule has 4 heterocycles. The molecule has 3 saturated heterocycles. The molecule has 3 aliphatic heterocycles. The number of imide groups is 1. The third kappa shape index (κ3) is 6.54. The van der Waals surface area contributed by atoms with Crippen molar-refractivity contribution in [2.24, 2.45) is 5.73 Å². The molecule has 47 heavy (non-hydrogen) atoms. The molecule has 1 aromatic carbocycles. The number of benzene rings is 1. The van der Waals surface area contributed by atoms with E-state index in [0.717, 1.165) is 11.8 Å². The summed E-state index contributed by atoms with van der Waals surface area (Å²) in [5.74, 6) is -0.543. The van der Waals surface area contributed by atoms with Gasteiger partial charge in [0.25, 0.3) is 5.91 Å². The number of thioether (sulfide) groups is 1. The van der Waals surface area contributed by atoms with Crippen LogP contribution in [0.4, 0.5) is 15.4 Å². The summed E-state index contributed by atoms with van der Waals surface area (Å²) in [5, 5.41) is 24.9. The first-order chi connectivity index (χ1) is 22.3. The van der Waals surface area contributed by atoms with E-state index in [-0.39, 0.29) is 24.1 Å². The standard InChI is InChI=1S/C32H36N8O6S/c1-5-20-21(15-33)25(37-26(22(20)16-34)47-23(24(35)41)18-9-7-6-8-10-18)39-13-11-19(12-14-39)36-27(42)32-17-45-28(32)40(32)29(43)38-30(44)46-31(2,3)4/h6-10,19,23,28H,5,11-14,17H2,1-4H3,(H2,35,41)(H,36,42)(H,38,43,44). The molecule has 3 atom stereocenters. The summed E-state index contributed by atoms with van der Waals surface area (Å²) < 4.78 is 10.5. The number of carbonyl (C=O) groups excluding carboxylic acids is 4. The zero-order chi connectivity index (χ0) is 34.1. The van der Waals surface area contributed by atoms with Crippen molar-refractivity contribution in [3.8, 4) is 12.1 Å². The maximum absolute atomic E-state index is 13.3. The Kier molecular flexibility index (Phi) is 9.34. The minimum Gasteiger partial charge on any atom is -0.443 e. The molecule has 1 aromatic heterocycles. The van der Waals surface area contributed by atoms with Gasteiger partial charge in [-0.3, -0.25) is 14.5 Å². The number of amides is 5. The Hall–Kier alpha value is -4.86. The second-order valence-electron chi connectivity index (χ2n) is 12.5. The van der Waals surface area contributed by atoms with Gasteiger partial charge in [0.2, 0.25) is 5.91 Å². The highest BCUT2D eigenvalue weighted by Crippen LogP contribution is 2.51. The summed E-state index contributed by atoms with van der Waals surface area (Å²) in [4.78, 5) is 58.5. The van der Waals surface area contributed by atoms with Crippen molar-refractivity contribution in [1.29, 1.82) is 10.5 Å². The minimum absolute atomic E-state index is 0.0142. The number of urea groups is 1. The molecule has 0 spiro atoms. The molecular weight excluding hydrogens is 624 g/mol. The number of piperidine rings is 1. The lowest BCUT2D eigenvalue weighted by atomic mass is 9.99.